The molecule has 2 rings (SSSR count). The van der Waals surface area contributed by atoms with Crippen LogP contribution in [0.1, 0.15) is 53.8 Å². The minimum atomic E-state index is -0.479. The van der Waals surface area contributed by atoms with E-state index >= 15 is 0 Å². The van der Waals surface area contributed by atoms with Gasteiger partial charge in [-0.25, -0.2) is 0 Å². The van der Waals surface area contributed by atoms with Gasteiger partial charge in [-0.2, -0.15) is 4.98 Å². The fourth-order valence-corrected chi connectivity index (χ4v) is 2.36. The second kappa shape index (κ2) is 8.24. The third kappa shape index (κ3) is 4.91. The first-order valence-corrected chi connectivity index (χ1v) is 8.01. The lowest BCUT2D eigenvalue weighted by molar-refractivity contribution is -0.116. The molecular weight excluding hydrogens is 308 g/mol. The molecule has 0 saturated carbocycles. The van der Waals surface area contributed by atoms with E-state index in [0.717, 1.165) is 18.4 Å². The van der Waals surface area contributed by atoms with E-state index in [9.17, 15) is 9.59 Å². The zero-order valence-corrected chi connectivity index (χ0v) is 14.0. The first-order chi connectivity index (χ1) is 11.5. The van der Waals surface area contributed by atoms with E-state index in [1.165, 1.54) is 0 Å². The lowest BCUT2D eigenvalue weighted by Gasteiger charge is -2.07. The van der Waals surface area contributed by atoms with E-state index in [4.69, 9.17) is 10.3 Å². The van der Waals surface area contributed by atoms with Crippen LogP contribution in [0.2, 0.25) is 0 Å². The van der Waals surface area contributed by atoms with E-state index in [0.29, 0.717) is 42.2 Å². The number of carbonyl (C=O) groups is 2. The smallest absolute Gasteiger partial charge is 0.248 e. The van der Waals surface area contributed by atoms with Crippen LogP contribution in [-0.2, 0) is 17.6 Å². The largest absolute Gasteiger partial charge is 0.366 e. The Morgan fingerprint density at radius 3 is 2.75 bits per heavy atom. The summed E-state index contributed by atoms with van der Waals surface area (Å²) in [5.41, 5.74) is 7.09. The molecule has 3 N–H and O–H groups in total. The summed E-state index contributed by atoms with van der Waals surface area (Å²) in [6.07, 6.45) is 3.31. The number of rotatable bonds is 8. The second-order valence-electron chi connectivity index (χ2n) is 5.65. The number of hydrogen-bond acceptors (Lipinski definition) is 5. The first kappa shape index (κ1) is 17.7. The number of nitrogens with one attached hydrogen (secondary N) is 1. The van der Waals surface area contributed by atoms with Gasteiger partial charge in [0.25, 0.3) is 0 Å². The molecular formula is C17H22N4O3. The number of nitrogens with two attached hydrogens (primary N) is 1. The average molecular weight is 330 g/mol. The molecule has 1 aromatic carbocycles. The van der Waals surface area contributed by atoms with Gasteiger partial charge in [0.15, 0.2) is 5.82 Å². The predicted molar refractivity (Wildman–Crippen MR) is 89.6 cm³/mol. The van der Waals surface area contributed by atoms with Crippen molar-refractivity contribution in [3.05, 3.63) is 41.0 Å². The lowest BCUT2D eigenvalue weighted by atomic mass is 10.1. The molecule has 0 radical (unpaired) electrons. The zero-order valence-electron chi connectivity index (χ0n) is 14.0. The van der Waals surface area contributed by atoms with Crippen LogP contribution in [-0.4, -0.2) is 22.0 Å². The van der Waals surface area contributed by atoms with Crippen LogP contribution < -0.4 is 11.1 Å². The van der Waals surface area contributed by atoms with Gasteiger partial charge in [0.2, 0.25) is 17.7 Å². The Kier molecular flexibility index (Phi) is 6.06. The number of amides is 2. The lowest BCUT2D eigenvalue weighted by Crippen LogP contribution is -2.14. The number of aryl methyl sites for hydroxylation is 3. The van der Waals surface area contributed by atoms with E-state index < -0.39 is 5.91 Å². The highest BCUT2D eigenvalue weighted by molar-refractivity contribution is 5.96. The molecule has 2 aromatic rings. The van der Waals surface area contributed by atoms with E-state index in [-0.39, 0.29) is 5.91 Å². The first-order valence-electron chi connectivity index (χ1n) is 8.01. The van der Waals surface area contributed by atoms with E-state index in [1.54, 1.807) is 25.1 Å². The minimum Gasteiger partial charge on any atom is -0.366 e. The Morgan fingerprint density at radius 2 is 2.08 bits per heavy atom. The highest BCUT2D eigenvalue weighted by Gasteiger charge is 2.09. The normalized spacial score (nSPS) is 10.6. The quantitative estimate of drug-likeness (QED) is 0.772. The monoisotopic (exact) mass is 330 g/mol. The highest BCUT2D eigenvalue weighted by atomic mass is 16.5. The molecule has 0 bridgehead atoms. The molecule has 0 spiro atoms. The Morgan fingerprint density at radius 1 is 1.29 bits per heavy atom. The number of primary amides is 1. The van der Waals surface area contributed by atoms with E-state index in [1.807, 2.05) is 0 Å². The van der Waals surface area contributed by atoms with Crippen LogP contribution in [0.15, 0.2) is 22.7 Å². The number of anilines is 1. The maximum Gasteiger partial charge on any atom is 0.248 e. The van der Waals surface area contributed by atoms with Crippen LogP contribution >= 0.6 is 0 Å². The van der Waals surface area contributed by atoms with Crippen LogP contribution in [0.4, 0.5) is 5.69 Å². The third-order valence-corrected chi connectivity index (χ3v) is 3.55. The number of hydrogen-bond donors (Lipinski definition) is 2. The van der Waals surface area contributed by atoms with Gasteiger partial charge >= 0.3 is 0 Å². The molecule has 0 fully saturated rings. The van der Waals surface area contributed by atoms with Crippen molar-refractivity contribution in [2.45, 2.75) is 46.0 Å². The number of aromatic nitrogens is 2. The molecule has 0 saturated heterocycles. The number of benzene rings is 1. The Hall–Kier alpha value is -2.70. The molecule has 0 aliphatic rings. The van der Waals surface area contributed by atoms with Crippen molar-refractivity contribution in [3.8, 4) is 0 Å². The van der Waals surface area contributed by atoms with Crippen molar-refractivity contribution in [3.63, 3.8) is 0 Å². The van der Waals surface area contributed by atoms with Crippen molar-refractivity contribution >= 4 is 17.5 Å². The molecule has 0 aliphatic heterocycles. The van der Waals surface area contributed by atoms with Gasteiger partial charge in [0.1, 0.15) is 0 Å². The van der Waals surface area contributed by atoms with Gasteiger partial charge in [-0.15, -0.1) is 0 Å². The molecule has 128 valence electrons. The Labute approximate surface area is 140 Å². The fraction of sp³-hybridized carbons (Fsp3) is 0.412. The summed E-state index contributed by atoms with van der Waals surface area (Å²) < 4.78 is 5.13. The molecule has 1 aromatic heterocycles. The van der Waals surface area contributed by atoms with Gasteiger partial charge in [-0.3, -0.25) is 9.59 Å². The van der Waals surface area contributed by atoms with Crippen LogP contribution in [0.25, 0.3) is 0 Å². The summed E-state index contributed by atoms with van der Waals surface area (Å²) in [5.74, 6) is 0.691. The summed E-state index contributed by atoms with van der Waals surface area (Å²) in [6, 6.07) is 5.01. The summed E-state index contributed by atoms with van der Waals surface area (Å²) >= 11 is 0. The van der Waals surface area contributed by atoms with Gasteiger partial charge in [0, 0.05) is 30.5 Å². The zero-order chi connectivity index (χ0) is 17.5. The summed E-state index contributed by atoms with van der Waals surface area (Å²) in [4.78, 5) is 27.4. The van der Waals surface area contributed by atoms with Crippen LogP contribution in [0.5, 0.6) is 0 Å². The topological polar surface area (TPSA) is 111 Å². The van der Waals surface area contributed by atoms with Crippen molar-refractivity contribution in [2.24, 2.45) is 5.73 Å². The minimum absolute atomic E-state index is 0.102. The van der Waals surface area contributed by atoms with Crippen LogP contribution in [0.3, 0.4) is 0 Å². The molecule has 0 unspecified atom stereocenters. The van der Waals surface area contributed by atoms with Crippen LogP contribution in [0, 0.1) is 6.92 Å². The molecule has 7 heteroatoms. The second-order valence-corrected chi connectivity index (χ2v) is 5.65. The van der Waals surface area contributed by atoms with Crippen molar-refractivity contribution in [1.82, 2.24) is 10.1 Å². The number of nitrogens with zero attached hydrogens (tertiary/aromatic N) is 2. The summed E-state index contributed by atoms with van der Waals surface area (Å²) in [5, 5.41) is 6.68. The molecule has 1 heterocycles. The van der Waals surface area contributed by atoms with Gasteiger partial charge < -0.3 is 15.6 Å². The van der Waals surface area contributed by atoms with Gasteiger partial charge in [0.05, 0.1) is 0 Å². The predicted octanol–water partition coefficient (Wildman–Crippen LogP) is 2.39. The van der Waals surface area contributed by atoms with E-state index in [2.05, 4.69) is 22.4 Å². The molecule has 24 heavy (non-hydrogen) atoms. The average Bonchev–Trinajstić information content (AvgIpc) is 2.95. The standard InChI is InChI=1S/C17H22N4O3/c1-3-5-14-20-16(24-21-14)7-4-6-15(22)19-12-8-9-13(17(18)23)11(2)10-12/h8-10H,3-7H2,1-2H3,(H2,18,23)(H,19,22). The molecule has 2 amide bonds. The third-order valence-electron chi connectivity index (χ3n) is 3.55. The molecule has 0 atom stereocenters. The maximum atomic E-state index is 12.0. The summed E-state index contributed by atoms with van der Waals surface area (Å²) in [6.45, 7) is 3.83. The Balaban J connectivity index is 1.80. The van der Waals surface area contributed by atoms with Gasteiger partial charge in [-0.1, -0.05) is 12.1 Å². The molecule has 0 aliphatic carbocycles. The number of carbonyl (C=O) groups excluding carboxylic acids is 2. The maximum absolute atomic E-state index is 12.0. The summed E-state index contributed by atoms with van der Waals surface area (Å²) in [7, 11) is 0. The Bertz CT molecular complexity index is 724. The SMILES string of the molecule is CCCc1noc(CCCC(=O)Nc2ccc(C(N)=O)c(C)c2)n1. The van der Waals surface area contributed by atoms with Crippen molar-refractivity contribution in [2.75, 3.05) is 5.32 Å². The molecule has 7 nitrogen and oxygen atoms in total. The van der Waals surface area contributed by atoms with Gasteiger partial charge in [-0.05, 0) is 43.5 Å². The van der Waals surface area contributed by atoms with Crippen molar-refractivity contribution < 1.29 is 14.1 Å². The fourth-order valence-electron chi connectivity index (χ4n) is 2.36. The highest BCUT2D eigenvalue weighted by Crippen LogP contribution is 2.15. The van der Waals surface area contributed by atoms with Crippen molar-refractivity contribution in [1.29, 1.82) is 0 Å².